The summed E-state index contributed by atoms with van der Waals surface area (Å²) in [4.78, 5) is 0. The predicted molar refractivity (Wildman–Crippen MR) is 187 cm³/mol. The normalized spacial score (nSPS) is 6.95. The maximum atomic E-state index is 4.51. The van der Waals surface area contributed by atoms with Crippen LogP contribution in [-0.4, -0.2) is 9.16 Å². The molecule has 0 nitrogen and oxygen atoms in total. The van der Waals surface area contributed by atoms with E-state index in [-0.39, 0.29) is 135 Å². The van der Waals surface area contributed by atoms with Crippen LogP contribution in [0.15, 0.2) is 182 Å². The van der Waals surface area contributed by atoms with E-state index in [1.165, 1.54) is 0 Å². The smallest absolute Gasteiger partial charge is 0 e. The molecule has 12 heteroatoms. The number of hydrogen-bond donors (Lipinski definition) is 0. The summed E-state index contributed by atoms with van der Waals surface area (Å²) in [5.41, 5.74) is 0. The third kappa shape index (κ3) is 62.1. The molecule has 0 amide bonds. The van der Waals surface area contributed by atoms with Gasteiger partial charge in [-0.15, -0.1) is 0 Å². The van der Waals surface area contributed by atoms with Gasteiger partial charge in [0.05, 0.1) is 0 Å². The van der Waals surface area contributed by atoms with Gasteiger partial charge in [-0.1, -0.05) is 0 Å². The van der Waals surface area contributed by atoms with Crippen molar-refractivity contribution in [3.05, 3.63) is 182 Å². The van der Waals surface area contributed by atoms with E-state index in [0.717, 1.165) is 0 Å². The average Bonchev–Trinajstić information content (AvgIpc) is 3.82. The van der Waals surface area contributed by atoms with Crippen molar-refractivity contribution in [1.29, 1.82) is 0 Å². The van der Waals surface area contributed by atoms with E-state index in [1.807, 2.05) is 182 Å². The van der Waals surface area contributed by atoms with Gasteiger partial charge in [0.2, 0.25) is 0 Å². The van der Waals surface area contributed by atoms with Crippen molar-refractivity contribution in [3.63, 3.8) is 0 Å². The molecule has 274 valence electrons. The van der Waals surface area contributed by atoms with Gasteiger partial charge in [-0.3, -0.25) is 0 Å². The third-order valence-electron chi connectivity index (χ3n) is 3.56. The van der Waals surface area contributed by atoms with Crippen molar-refractivity contribution in [2.75, 3.05) is 0 Å². The molecule has 0 aliphatic heterocycles. The maximum absolute atomic E-state index is 4.51. The minimum atomic E-state index is -0.352. The summed E-state index contributed by atoms with van der Waals surface area (Å²) >= 11 is 18.0. The molecule has 0 saturated heterocycles. The van der Waals surface area contributed by atoms with Gasteiger partial charge in [0.1, 0.15) is 0 Å². The molecule has 0 bridgehead atoms. The first kappa shape index (κ1) is 67.4. The quantitative estimate of drug-likeness (QED) is 0.0713. The Bertz CT molecular complexity index is 675. The van der Waals surface area contributed by atoms with E-state index in [2.05, 4.69) is 50.5 Å². The van der Waals surface area contributed by atoms with Gasteiger partial charge in [-0.05, 0) is 0 Å². The van der Waals surface area contributed by atoms with Gasteiger partial charge in [-0.25, -0.2) is 60.7 Å². The molecule has 0 saturated carbocycles. The van der Waals surface area contributed by atoms with Crippen LogP contribution in [0.5, 0.6) is 0 Å². The van der Waals surface area contributed by atoms with Crippen LogP contribution < -0.4 is 0 Å². The minimum Gasteiger partial charge on any atom is -0.818 e. The second kappa shape index (κ2) is 59.6. The van der Waals surface area contributed by atoms with Crippen molar-refractivity contribution in [1.82, 2.24) is 0 Å². The SMILES string of the molecule is [Ni].[Ni].[Ni].[Ni].[Ni].[Ni].[S-]C([S-])C([S-])[S-].[SH-].[SH-].[cH-]1[cH-][cH-][cH-][cH-]1.c1cc[cH-]c1.c1cc[cH-]c1.c1cc[cH-]c1.c1cc[cH-]c1.c1cc[cH-]c1. The summed E-state index contributed by atoms with van der Waals surface area (Å²) in [5, 5.41) is 0. The molecule has 0 atom stereocenters. The van der Waals surface area contributed by atoms with Gasteiger partial charge in [0.15, 0.2) is 0 Å². The molecule has 44 heavy (non-hydrogen) atoms. The second-order valence-corrected chi connectivity index (χ2v) is 9.14. The Labute approximate surface area is 363 Å². The Kier molecular flexibility index (Phi) is 91.2. The van der Waals surface area contributed by atoms with E-state index >= 15 is 0 Å². The molecular formula is C32H34Ni6S6-16. The number of hydrogen-bond acceptors (Lipinski definition) is 6. The van der Waals surface area contributed by atoms with E-state index in [9.17, 15) is 0 Å². The average molecular weight is 963 g/mol. The fourth-order valence-electron chi connectivity index (χ4n) is 1.92. The first-order chi connectivity index (χ1) is 17.6. The standard InChI is InChI=1S/6C5H5.C2H6S4.6Ni.2H2S/c6*1-2-4-5-3-1;3-1(4)2(5)6;;;;;;;;/h6*1-5H;1-6H;;;;;;;2*1H2/q-5;5*-1;;;;;;;;;/p-6. The third-order valence-corrected chi connectivity index (χ3v) is 5.33. The van der Waals surface area contributed by atoms with Crippen LogP contribution in [0.4, 0.5) is 0 Å². The van der Waals surface area contributed by atoms with Gasteiger partial charge in [0.25, 0.3) is 0 Å². The summed E-state index contributed by atoms with van der Waals surface area (Å²) in [5.74, 6) is 0. The van der Waals surface area contributed by atoms with Crippen LogP contribution in [0.25, 0.3) is 0 Å². The Hall–Kier alpha value is 1.16. The van der Waals surface area contributed by atoms with E-state index < -0.39 is 0 Å². The van der Waals surface area contributed by atoms with Gasteiger partial charge < -0.3 is 117 Å². The molecule has 6 aromatic carbocycles. The zero-order valence-corrected chi connectivity index (χ0v) is 33.9. The summed E-state index contributed by atoms with van der Waals surface area (Å²) < 4.78 is -0.704. The molecule has 0 aromatic heterocycles. The molecule has 0 unspecified atom stereocenters. The molecule has 6 aromatic rings. The molecule has 0 fully saturated rings. The Balaban J connectivity index is -0.0000000450. The Morgan fingerprint density at radius 1 is 0.273 bits per heavy atom. The predicted octanol–water partition coefficient (Wildman–Crippen LogP) is 7.70. The number of thiol groups is 2. The monoisotopic (exact) mass is 958 g/mol. The van der Waals surface area contributed by atoms with Crippen molar-refractivity contribution in [2.45, 2.75) is 9.16 Å². The molecule has 0 N–H and O–H groups in total. The van der Waals surface area contributed by atoms with E-state index in [4.69, 9.17) is 0 Å². The summed E-state index contributed by atoms with van der Waals surface area (Å²) in [7, 11) is 0. The molecule has 0 heterocycles. The van der Waals surface area contributed by atoms with Crippen LogP contribution in [-0.2, 0) is 176 Å². The molecular weight excluding hydrogens is 929 g/mol. The van der Waals surface area contributed by atoms with Crippen LogP contribution in [0.2, 0.25) is 0 Å². The summed E-state index contributed by atoms with van der Waals surface area (Å²) in [6.45, 7) is 0. The summed E-state index contributed by atoms with van der Waals surface area (Å²) in [6.07, 6.45) is 0. The van der Waals surface area contributed by atoms with Gasteiger partial charge in [-0.2, -0.15) is 91.0 Å². The molecule has 0 radical (unpaired) electrons. The zero-order chi connectivity index (χ0) is 26.4. The van der Waals surface area contributed by atoms with Gasteiger partial charge >= 0.3 is 0 Å². The fraction of sp³-hybridized carbons (Fsp3) is 0.0625. The molecule has 0 spiro atoms. The first-order valence-corrected chi connectivity index (χ1v) is 13.2. The fourth-order valence-corrected chi connectivity index (χ4v) is 1.92. The van der Waals surface area contributed by atoms with Crippen molar-refractivity contribution in [3.8, 4) is 0 Å². The largest absolute Gasteiger partial charge is 0.818 e. The van der Waals surface area contributed by atoms with Crippen molar-refractivity contribution < 1.29 is 98.9 Å². The Morgan fingerprint density at radius 2 is 0.386 bits per heavy atom. The summed E-state index contributed by atoms with van der Waals surface area (Å²) in [6, 6.07) is 60.0. The van der Waals surface area contributed by atoms with Crippen molar-refractivity contribution >= 4 is 77.5 Å². The Morgan fingerprint density at radius 3 is 0.432 bits per heavy atom. The minimum absolute atomic E-state index is 0. The second-order valence-electron chi connectivity index (χ2n) is 6.51. The van der Waals surface area contributed by atoms with E-state index in [1.54, 1.807) is 0 Å². The van der Waals surface area contributed by atoms with Crippen LogP contribution >= 0.6 is 0 Å². The number of rotatable bonds is 1. The van der Waals surface area contributed by atoms with Gasteiger partial charge in [0, 0.05) is 98.9 Å². The van der Waals surface area contributed by atoms with E-state index in [0.29, 0.717) is 0 Å². The first-order valence-electron chi connectivity index (χ1n) is 11.3. The maximum Gasteiger partial charge on any atom is 0 e. The van der Waals surface area contributed by atoms with Crippen LogP contribution in [0, 0.1) is 0 Å². The topological polar surface area (TPSA) is 0 Å². The molecule has 6 rings (SSSR count). The molecule has 0 aliphatic rings. The van der Waals surface area contributed by atoms with Crippen molar-refractivity contribution in [2.24, 2.45) is 0 Å². The zero-order valence-electron chi connectivity index (χ0n) is 22.9. The van der Waals surface area contributed by atoms with Crippen LogP contribution in [0.1, 0.15) is 0 Å². The van der Waals surface area contributed by atoms with Crippen LogP contribution in [0.3, 0.4) is 0 Å². The molecule has 0 aliphatic carbocycles.